The van der Waals surface area contributed by atoms with Crippen molar-refractivity contribution in [3.05, 3.63) is 51.7 Å². The van der Waals surface area contributed by atoms with Crippen molar-refractivity contribution in [2.45, 2.75) is 30.6 Å². The monoisotopic (exact) mass is 421 g/mol. The Hall–Kier alpha value is -1.86. The minimum Gasteiger partial charge on any atom is -0.497 e. The number of hydrogen-bond donors (Lipinski definition) is 1. The second kappa shape index (κ2) is 8.22. The van der Waals surface area contributed by atoms with Crippen LogP contribution < -0.4 is 15.2 Å². The molecule has 0 amide bonds. The van der Waals surface area contributed by atoms with Gasteiger partial charge in [-0.05, 0) is 43.0 Å². The lowest BCUT2D eigenvalue weighted by molar-refractivity contribution is 0.174. The summed E-state index contributed by atoms with van der Waals surface area (Å²) in [7, 11) is 3.39. The standard InChI is InChI=1S/C19H24BrN3O3/c1-12-6-15(26-3)7-13-4-5-23(19(12)13)17(20)8-14(11-25-2)16-9-22-18(24)10-21-16/h6-7,9-10,14,17H,4-5,8,11H2,1-3H3,(H,22,24)/t14-,17?/m0/s1. The number of aromatic amines is 1. The maximum Gasteiger partial charge on any atom is 0.266 e. The molecule has 3 rings (SSSR count). The Morgan fingerprint density at radius 3 is 2.85 bits per heavy atom. The van der Waals surface area contributed by atoms with Crippen molar-refractivity contribution in [2.75, 3.05) is 32.3 Å². The highest BCUT2D eigenvalue weighted by atomic mass is 79.9. The first-order chi connectivity index (χ1) is 12.5. The lowest BCUT2D eigenvalue weighted by atomic mass is 10.0. The van der Waals surface area contributed by atoms with E-state index in [0.717, 1.165) is 30.8 Å². The number of halogens is 1. The van der Waals surface area contributed by atoms with Crippen LogP contribution in [0.1, 0.15) is 29.2 Å². The van der Waals surface area contributed by atoms with Crippen molar-refractivity contribution in [3.8, 4) is 5.75 Å². The van der Waals surface area contributed by atoms with E-state index < -0.39 is 0 Å². The average molecular weight is 422 g/mol. The first-order valence-corrected chi connectivity index (χ1v) is 9.56. The van der Waals surface area contributed by atoms with Crippen LogP contribution in [-0.4, -0.2) is 42.3 Å². The van der Waals surface area contributed by atoms with Gasteiger partial charge in [-0.2, -0.15) is 0 Å². The third-order valence-corrected chi connectivity index (χ3v) is 5.66. The summed E-state index contributed by atoms with van der Waals surface area (Å²) in [4.78, 5) is 20.8. The van der Waals surface area contributed by atoms with E-state index in [2.05, 4.69) is 49.9 Å². The van der Waals surface area contributed by atoms with Gasteiger partial charge in [-0.25, -0.2) is 0 Å². The van der Waals surface area contributed by atoms with Gasteiger partial charge >= 0.3 is 0 Å². The van der Waals surface area contributed by atoms with Gasteiger partial charge in [0.1, 0.15) is 5.75 Å². The molecule has 1 unspecified atom stereocenters. The summed E-state index contributed by atoms with van der Waals surface area (Å²) < 4.78 is 10.8. The van der Waals surface area contributed by atoms with E-state index in [1.807, 2.05) is 0 Å². The molecule has 2 heterocycles. The van der Waals surface area contributed by atoms with Gasteiger partial charge in [0.25, 0.3) is 5.56 Å². The van der Waals surface area contributed by atoms with E-state index in [-0.39, 0.29) is 16.4 Å². The summed E-state index contributed by atoms with van der Waals surface area (Å²) in [5.74, 6) is 0.993. The second-order valence-corrected chi connectivity index (χ2v) is 7.61. The number of ether oxygens (including phenoxy) is 2. The largest absolute Gasteiger partial charge is 0.497 e. The van der Waals surface area contributed by atoms with Crippen LogP contribution in [0.25, 0.3) is 0 Å². The van der Waals surface area contributed by atoms with E-state index in [0.29, 0.717) is 6.61 Å². The van der Waals surface area contributed by atoms with Crippen LogP contribution in [0.4, 0.5) is 5.69 Å². The number of benzene rings is 1. The Kier molecular flexibility index (Phi) is 5.98. The number of alkyl halides is 1. The summed E-state index contributed by atoms with van der Waals surface area (Å²) in [5.41, 5.74) is 4.45. The first-order valence-electron chi connectivity index (χ1n) is 8.65. The lowest BCUT2D eigenvalue weighted by Gasteiger charge is -2.30. The highest BCUT2D eigenvalue weighted by Gasteiger charge is 2.29. The smallest absolute Gasteiger partial charge is 0.266 e. The fraction of sp³-hybridized carbons (Fsp3) is 0.474. The molecule has 1 N–H and O–H groups in total. The van der Waals surface area contributed by atoms with Crippen molar-refractivity contribution < 1.29 is 9.47 Å². The van der Waals surface area contributed by atoms with Crippen molar-refractivity contribution in [1.82, 2.24) is 9.97 Å². The van der Waals surface area contributed by atoms with Gasteiger partial charge in [-0.3, -0.25) is 9.78 Å². The SMILES string of the molecule is COC[C@H](CC(Br)N1CCc2cc(OC)cc(C)c21)c1c[nH]c(=O)cn1. The maximum atomic E-state index is 11.3. The van der Waals surface area contributed by atoms with E-state index in [9.17, 15) is 4.79 Å². The molecule has 26 heavy (non-hydrogen) atoms. The minimum absolute atomic E-state index is 0.0869. The van der Waals surface area contributed by atoms with Gasteiger partial charge < -0.3 is 19.4 Å². The fourth-order valence-corrected chi connectivity index (χ4v) is 4.44. The fourth-order valence-electron chi connectivity index (χ4n) is 3.58. The number of aryl methyl sites for hydroxylation is 1. The van der Waals surface area contributed by atoms with Crippen LogP contribution in [0.2, 0.25) is 0 Å². The first kappa shape index (κ1) is 18.9. The van der Waals surface area contributed by atoms with Crippen molar-refractivity contribution >= 4 is 21.6 Å². The molecule has 2 aromatic rings. The molecule has 140 valence electrons. The average Bonchev–Trinajstić information content (AvgIpc) is 3.06. The molecule has 0 fully saturated rings. The molecule has 0 bridgehead atoms. The highest BCUT2D eigenvalue weighted by Crippen LogP contribution is 2.39. The minimum atomic E-state index is -0.196. The quantitative estimate of drug-likeness (QED) is 0.549. The number of aromatic nitrogens is 2. The van der Waals surface area contributed by atoms with Gasteiger partial charge in [0.2, 0.25) is 0 Å². The number of H-pyrrole nitrogens is 1. The van der Waals surface area contributed by atoms with Crippen LogP contribution >= 0.6 is 15.9 Å². The Bertz CT molecular complexity index is 804. The lowest BCUT2D eigenvalue weighted by Crippen LogP contribution is -2.32. The number of rotatable bonds is 7. The number of anilines is 1. The molecule has 1 aromatic carbocycles. The number of hydrogen-bond acceptors (Lipinski definition) is 5. The molecule has 1 aliphatic rings. The van der Waals surface area contributed by atoms with Gasteiger partial charge in [0.05, 0.1) is 30.6 Å². The molecule has 0 saturated heterocycles. The van der Waals surface area contributed by atoms with Crippen LogP contribution in [0.3, 0.4) is 0 Å². The Morgan fingerprint density at radius 2 is 2.19 bits per heavy atom. The molecule has 0 aliphatic carbocycles. The Morgan fingerprint density at radius 1 is 1.38 bits per heavy atom. The van der Waals surface area contributed by atoms with Crippen molar-refractivity contribution in [1.29, 1.82) is 0 Å². The zero-order valence-corrected chi connectivity index (χ0v) is 16.9. The van der Waals surface area contributed by atoms with Gasteiger partial charge in [0.15, 0.2) is 0 Å². The molecule has 1 aliphatic heterocycles. The third kappa shape index (κ3) is 3.94. The molecular formula is C19H24BrN3O3. The normalized spacial score (nSPS) is 15.6. The van der Waals surface area contributed by atoms with E-state index in [1.54, 1.807) is 20.4 Å². The summed E-state index contributed by atoms with van der Waals surface area (Å²) in [5, 5.41) is 0. The molecule has 0 spiro atoms. The molecule has 7 heteroatoms. The molecule has 6 nitrogen and oxygen atoms in total. The van der Waals surface area contributed by atoms with E-state index >= 15 is 0 Å². The van der Waals surface area contributed by atoms with E-state index in [1.165, 1.54) is 23.0 Å². The predicted molar refractivity (Wildman–Crippen MR) is 106 cm³/mol. The van der Waals surface area contributed by atoms with Gasteiger partial charge in [-0.15, -0.1) is 0 Å². The number of nitrogens with one attached hydrogen (secondary N) is 1. The van der Waals surface area contributed by atoms with Crippen molar-refractivity contribution in [3.63, 3.8) is 0 Å². The zero-order chi connectivity index (χ0) is 18.7. The number of nitrogens with zero attached hydrogens (tertiary/aromatic N) is 2. The summed E-state index contributed by atoms with van der Waals surface area (Å²) in [6, 6.07) is 4.20. The topological polar surface area (TPSA) is 67.5 Å². The maximum absolute atomic E-state index is 11.3. The Balaban J connectivity index is 1.80. The molecule has 1 aromatic heterocycles. The summed E-state index contributed by atoms with van der Waals surface area (Å²) in [6.45, 7) is 3.62. The molecule has 0 saturated carbocycles. The van der Waals surface area contributed by atoms with Crippen LogP contribution in [0.15, 0.2) is 29.3 Å². The number of methoxy groups -OCH3 is 2. The van der Waals surface area contributed by atoms with E-state index in [4.69, 9.17) is 9.47 Å². The molecule has 0 radical (unpaired) electrons. The second-order valence-electron chi connectivity index (χ2n) is 6.55. The third-order valence-electron chi connectivity index (χ3n) is 4.79. The van der Waals surface area contributed by atoms with Crippen molar-refractivity contribution in [2.24, 2.45) is 0 Å². The molecular weight excluding hydrogens is 398 g/mol. The van der Waals surface area contributed by atoms with Crippen LogP contribution in [0.5, 0.6) is 5.75 Å². The van der Waals surface area contributed by atoms with Crippen LogP contribution in [-0.2, 0) is 11.2 Å². The predicted octanol–water partition coefficient (Wildman–Crippen LogP) is 2.99. The van der Waals surface area contributed by atoms with Gasteiger partial charge in [0, 0.05) is 31.5 Å². The Labute approximate surface area is 161 Å². The van der Waals surface area contributed by atoms with Crippen LogP contribution in [0, 0.1) is 6.92 Å². The van der Waals surface area contributed by atoms with Gasteiger partial charge in [-0.1, -0.05) is 15.9 Å². The number of fused-ring (bicyclic) bond motifs is 1. The highest BCUT2D eigenvalue weighted by molar-refractivity contribution is 9.09. The molecule has 2 atom stereocenters. The summed E-state index contributed by atoms with van der Waals surface area (Å²) in [6.07, 6.45) is 4.82. The summed E-state index contributed by atoms with van der Waals surface area (Å²) >= 11 is 3.87. The zero-order valence-electron chi connectivity index (χ0n) is 15.3.